The molecule has 7 nitrogen and oxygen atoms in total. The van der Waals surface area contributed by atoms with Crippen molar-refractivity contribution in [3.63, 3.8) is 0 Å². The molecule has 2 aliphatic rings. The number of nitrogens with one attached hydrogen (secondary N) is 2. The van der Waals surface area contributed by atoms with Gasteiger partial charge in [-0.05, 0) is 80.0 Å². The lowest BCUT2D eigenvalue weighted by Crippen LogP contribution is -2.46. The third kappa shape index (κ3) is 6.04. The predicted octanol–water partition coefficient (Wildman–Crippen LogP) is 4.67. The Balaban J connectivity index is 1.40. The van der Waals surface area contributed by atoms with E-state index in [0.717, 1.165) is 25.7 Å². The van der Waals surface area contributed by atoms with Gasteiger partial charge in [-0.15, -0.1) is 0 Å². The smallest absolute Gasteiger partial charge is 0.261 e. The molecule has 35 heavy (non-hydrogen) atoms. The summed E-state index contributed by atoms with van der Waals surface area (Å²) in [6.45, 7) is 3.12. The van der Waals surface area contributed by atoms with Crippen molar-refractivity contribution in [2.75, 3.05) is 17.8 Å². The predicted molar refractivity (Wildman–Crippen MR) is 137 cm³/mol. The highest BCUT2D eigenvalue weighted by molar-refractivity contribution is 7.92. The normalized spacial score (nSPS) is 18.9. The van der Waals surface area contributed by atoms with E-state index in [0.29, 0.717) is 36.7 Å². The molecule has 1 atom stereocenters. The highest BCUT2D eigenvalue weighted by Crippen LogP contribution is 2.33. The first-order valence-electron chi connectivity index (χ1n) is 12.7. The van der Waals surface area contributed by atoms with Gasteiger partial charge in [-0.2, -0.15) is 0 Å². The summed E-state index contributed by atoms with van der Waals surface area (Å²) in [5.41, 5.74) is 2.02. The van der Waals surface area contributed by atoms with Crippen molar-refractivity contribution in [3.8, 4) is 0 Å². The number of rotatable bonds is 8. The van der Waals surface area contributed by atoms with Crippen molar-refractivity contribution in [1.82, 2.24) is 10.2 Å². The molecule has 1 heterocycles. The van der Waals surface area contributed by atoms with Gasteiger partial charge in [-0.3, -0.25) is 14.3 Å². The summed E-state index contributed by atoms with van der Waals surface area (Å²) in [7, 11) is -3.74. The zero-order chi connectivity index (χ0) is 24.8. The zero-order valence-corrected chi connectivity index (χ0v) is 21.1. The number of nitrogens with zero attached hydrogens (tertiary/aromatic N) is 1. The van der Waals surface area contributed by atoms with Gasteiger partial charge >= 0.3 is 0 Å². The number of carbonyl (C=O) groups is 2. The number of hydrogen-bond donors (Lipinski definition) is 2. The summed E-state index contributed by atoms with van der Waals surface area (Å²) < 4.78 is 28.4. The van der Waals surface area contributed by atoms with Crippen LogP contribution < -0.4 is 10.0 Å². The van der Waals surface area contributed by atoms with Gasteiger partial charge in [0.2, 0.25) is 5.91 Å². The van der Waals surface area contributed by atoms with Gasteiger partial charge in [0.05, 0.1) is 4.90 Å². The number of carbonyl (C=O) groups excluding carboxylic acids is 2. The lowest BCUT2D eigenvalue weighted by molar-refractivity contribution is -0.124. The number of benzene rings is 2. The average molecular weight is 498 g/mol. The molecular formula is C27H35N3O4S. The Bertz CT molecular complexity index is 1120. The van der Waals surface area contributed by atoms with Crippen molar-refractivity contribution >= 4 is 27.5 Å². The standard InChI is InChI=1S/C27H35N3O4S/c1-2-18-28-26(31)25-9-6-19-30(25)27(32)22-10-14-23(15-11-22)29-35(33,34)24-16-12-21(13-17-24)20-7-4-3-5-8-20/h10-17,20,25,29H,2-9,18-19H2,1H3,(H,28,31)/t25-/m0/s1. The Morgan fingerprint density at radius 3 is 2.26 bits per heavy atom. The summed E-state index contributed by atoms with van der Waals surface area (Å²) in [6.07, 6.45) is 8.35. The van der Waals surface area contributed by atoms with Gasteiger partial charge < -0.3 is 10.2 Å². The van der Waals surface area contributed by atoms with Crippen molar-refractivity contribution < 1.29 is 18.0 Å². The van der Waals surface area contributed by atoms with E-state index in [-0.39, 0.29) is 16.7 Å². The molecule has 2 aromatic rings. The second-order valence-corrected chi connectivity index (χ2v) is 11.2. The van der Waals surface area contributed by atoms with Crippen LogP contribution in [0.5, 0.6) is 0 Å². The minimum Gasteiger partial charge on any atom is -0.354 e. The molecule has 2 fully saturated rings. The molecule has 188 valence electrons. The fourth-order valence-corrected chi connectivity index (χ4v) is 6.12. The van der Waals surface area contributed by atoms with Crippen LogP contribution in [-0.4, -0.2) is 44.3 Å². The molecule has 1 saturated carbocycles. The zero-order valence-electron chi connectivity index (χ0n) is 20.3. The maximum atomic E-state index is 13.0. The first-order chi connectivity index (χ1) is 16.9. The number of hydrogen-bond acceptors (Lipinski definition) is 4. The molecule has 2 N–H and O–H groups in total. The molecular weight excluding hydrogens is 462 g/mol. The van der Waals surface area contributed by atoms with Crippen molar-refractivity contribution in [1.29, 1.82) is 0 Å². The number of amides is 2. The maximum absolute atomic E-state index is 13.0. The Labute approximate surface area is 208 Å². The third-order valence-electron chi connectivity index (χ3n) is 7.02. The van der Waals surface area contributed by atoms with Crippen LogP contribution in [0.15, 0.2) is 53.4 Å². The van der Waals surface area contributed by atoms with E-state index in [1.165, 1.54) is 24.8 Å². The molecule has 2 amide bonds. The third-order valence-corrected chi connectivity index (χ3v) is 8.41. The van der Waals surface area contributed by atoms with Gasteiger partial charge in [0.25, 0.3) is 15.9 Å². The first kappa shape index (κ1) is 25.2. The lowest BCUT2D eigenvalue weighted by Gasteiger charge is -2.24. The van der Waals surface area contributed by atoms with E-state index in [2.05, 4.69) is 10.0 Å². The van der Waals surface area contributed by atoms with E-state index in [4.69, 9.17) is 0 Å². The van der Waals surface area contributed by atoms with E-state index in [1.807, 2.05) is 19.1 Å². The Morgan fingerprint density at radius 1 is 0.914 bits per heavy atom. The fraction of sp³-hybridized carbons (Fsp3) is 0.481. The van der Waals surface area contributed by atoms with Gasteiger partial charge in [0.15, 0.2) is 0 Å². The summed E-state index contributed by atoms with van der Waals surface area (Å²) in [4.78, 5) is 27.3. The molecule has 0 bridgehead atoms. The highest BCUT2D eigenvalue weighted by Gasteiger charge is 2.34. The van der Waals surface area contributed by atoms with Crippen LogP contribution in [0, 0.1) is 0 Å². The summed E-state index contributed by atoms with van der Waals surface area (Å²) >= 11 is 0. The van der Waals surface area contributed by atoms with E-state index >= 15 is 0 Å². The van der Waals surface area contributed by atoms with Gasteiger partial charge in [0, 0.05) is 24.3 Å². The van der Waals surface area contributed by atoms with Crippen LogP contribution in [0.3, 0.4) is 0 Å². The molecule has 4 rings (SSSR count). The second kappa shape index (κ2) is 11.2. The van der Waals surface area contributed by atoms with E-state index in [9.17, 15) is 18.0 Å². The lowest BCUT2D eigenvalue weighted by atomic mass is 9.84. The van der Waals surface area contributed by atoms with Crippen molar-refractivity contribution in [2.24, 2.45) is 0 Å². The Hall–Kier alpha value is -2.87. The quantitative estimate of drug-likeness (QED) is 0.554. The van der Waals surface area contributed by atoms with Crippen LogP contribution in [0.1, 0.15) is 80.1 Å². The van der Waals surface area contributed by atoms with Crippen LogP contribution >= 0.6 is 0 Å². The van der Waals surface area contributed by atoms with Crippen LogP contribution in [0.25, 0.3) is 0 Å². The van der Waals surface area contributed by atoms with Crippen molar-refractivity contribution in [3.05, 3.63) is 59.7 Å². The average Bonchev–Trinajstić information content (AvgIpc) is 3.38. The SMILES string of the molecule is CCCNC(=O)[C@@H]1CCCN1C(=O)c1ccc(NS(=O)(=O)c2ccc(C3CCCCC3)cc2)cc1. The van der Waals surface area contributed by atoms with Crippen LogP contribution in [0.2, 0.25) is 0 Å². The number of sulfonamides is 1. The Kier molecular flexibility index (Phi) is 8.11. The second-order valence-electron chi connectivity index (χ2n) is 9.53. The van der Waals surface area contributed by atoms with Gasteiger partial charge in [0.1, 0.15) is 6.04 Å². The van der Waals surface area contributed by atoms with E-state index < -0.39 is 16.1 Å². The molecule has 2 aromatic carbocycles. The molecule has 1 saturated heterocycles. The molecule has 0 aromatic heterocycles. The summed E-state index contributed by atoms with van der Waals surface area (Å²) in [6, 6.07) is 13.1. The topological polar surface area (TPSA) is 95.6 Å². The monoisotopic (exact) mass is 497 g/mol. The molecule has 0 unspecified atom stereocenters. The maximum Gasteiger partial charge on any atom is 0.261 e. The summed E-state index contributed by atoms with van der Waals surface area (Å²) in [5.74, 6) is 0.190. The van der Waals surface area contributed by atoms with Crippen LogP contribution in [0.4, 0.5) is 5.69 Å². The molecule has 8 heteroatoms. The Morgan fingerprint density at radius 2 is 1.60 bits per heavy atom. The summed E-state index contributed by atoms with van der Waals surface area (Å²) in [5, 5.41) is 2.87. The largest absolute Gasteiger partial charge is 0.354 e. The molecule has 1 aliphatic carbocycles. The van der Waals surface area contributed by atoms with Crippen LogP contribution in [-0.2, 0) is 14.8 Å². The molecule has 1 aliphatic heterocycles. The highest BCUT2D eigenvalue weighted by atomic mass is 32.2. The minimum atomic E-state index is -3.74. The fourth-order valence-electron chi connectivity index (χ4n) is 5.06. The number of anilines is 1. The molecule has 0 spiro atoms. The van der Waals surface area contributed by atoms with E-state index in [1.54, 1.807) is 41.3 Å². The number of likely N-dealkylation sites (tertiary alicyclic amines) is 1. The van der Waals surface area contributed by atoms with Gasteiger partial charge in [-0.25, -0.2) is 8.42 Å². The molecule has 0 radical (unpaired) electrons. The first-order valence-corrected chi connectivity index (χ1v) is 14.2. The van der Waals surface area contributed by atoms with Crippen molar-refractivity contribution in [2.45, 2.75) is 75.1 Å². The van der Waals surface area contributed by atoms with Gasteiger partial charge in [-0.1, -0.05) is 38.3 Å². The minimum absolute atomic E-state index is 0.114.